The van der Waals surface area contributed by atoms with Crippen LogP contribution in [0, 0.1) is 0 Å². The van der Waals surface area contributed by atoms with E-state index in [0.29, 0.717) is 0 Å². The van der Waals surface area contributed by atoms with Crippen molar-refractivity contribution < 1.29 is 0 Å². The Bertz CT molecular complexity index is 115. The fourth-order valence-corrected chi connectivity index (χ4v) is 0.604. The van der Waals surface area contributed by atoms with Gasteiger partial charge in [-0.3, -0.25) is 4.99 Å². The van der Waals surface area contributed by atoms with Gasteiger partial charge < -0.3 is 0 Å². The molecular weight excluding hydrogens is 110 g/mol. The molecule has 0 saturated carbocycles. The third kappa shape index (κ3) is 1.32. The van der Waals surface area contributed by atoms with Crippen LogP contribution in [0.1, 0.15) is 6.42 Å². The average Bonchev–Trinajstić information content (AvgIpc) is 1.69. The van der Waals surface area contributed by atoms with Gasteiger partial charge in [0.25, 0.3) is 0 Å². The van der Waals surface area contributed by atoms with E-state index >= 15 is 0 Å². The van der Waals surface area contributed by atoms with E-state index in [9.17, 15) is 0 Å². The highest BCUT2D eigenvalue weighted by atomic mass is 35.5. The summed E-state index contributed by atoms with van der Waals surface area (Å²) in [5, 5.41) is 0.912. The molecule has 38 valence electrons. The van der Waals surface area contributed by atoms with E-state index < -0.39 is 0 Å². The molecule has 0 radical (unpaired) electrons. The van der Waals surface area contributed by atoms with Gasteiger partial charge in [0.15, 0.2) is 0 Å². The first kappa shape index (κ1) is 4.85. The molecule has 0 fully saturated rings. The third-order valence-corrected chi connectivity index (χ3v) is 1.16. The maximum Gasteiger partial charge on any atom is 0.0438 e. The minimum atomic E-state index is 0.856. The van der Waals surface area contributed by atoms with Crippen molar-refractivity contribution >= 4 is 17.8 Å². The lowest BCUT2D eigenvalue weighted by atomic mass is 10.3. The number of nitrogens with zero attached hydrogens (tertiary/aromatic N) is 1. The normalized spacial score (nSPS) is 19.3. The first-order valence-corrected chi connectivity index (χ1v) is 2.62. The summed E-state index contributed by atoms with van der Waals surface area (Å²) in [6.45, 7) is 0.856. The summed E-state index contributed by atoms with van der Waals surface area (Å²) in [5.41, 5.74) is 0. The molecule has 0 aromatic heterocycles. The second-order valence-electron chi connectivity index (χ2n) is 1.42. The van der Waals surface area contributed by atoms with Crippen molar-refractivity contribution in [3.63, 3.8) is 0 Å². The fourth-order valence-electron chi connectivity index (χ4n) is 0.463. The van der Waals surface area contributed by atoms with Gasteiger partial charge >= 0.3 is 0 Å². The van der Waals surface area contributed by atoms with Crippen molar-refractivity contribution in [1.82, 2.24) is 0 Å². The SMILES string of the molecule is ClC1=CC=NCC1. The number of rotatable bonds is 0. The van der Waals surface area contributed by atoms with Gasteiger partial charge in [0.1, 0.15) is 0 Å². The molecule has 0 spiro atoms. The summed E-state index contributed by atoms with van der Waals surface area (Å²) in [5.74, 6) is 0. The van der Waals surface area contributed by atoms with Crippen molar-refractivity contribution in [2.45, 2.75) is 6.42 Å². The zero-order valence-electron chi connectivity index (χ0n) is 3.89. The van der Waals surface area contributed by atoms with Crippen LogP contribution in [-0.4, -0.2) is 12.8 Å². The summed E-state index contributed by atoms with van der Waals surface area (Å²) >= 11 is 5.59. The molecule has 0 aromatic rings. The molecule has 0 unspecified atom stereocenters. The number of hydrogen-bond donors (Lipinski definition) is 0. The number of dihydropyridines is 1. The molecule has 0 bridgehead atoms. The Morgan fingerprint density at radius 2 is 2.57 bits per heavy atom. The average molecular weight is 116 g/mol. The largest absolute Gasteiger partial charge is 0.293 e. The number of allylic oxidation sites excluding steroid dienone is 1. The molecule has 1 nitrogen and oxygen atoms in total. The summed E-state index contributed by atoms with van der Waals surface area (Å²) < 4.78 is 0. The van der Waals surface area contributed by atoms with Crippen molar-refractivity contribution in [2.75, 3.05) is 6.54 Å². The second kappa shape index (κ2) is 2.12. The lowest BCUT2D eigenvalue weighted by Gasteiger charge is -1.96. The van der Waals surface area contributed by atoms with Gasteiger partial charge in [0, 0.05) is 24.2 Å². The Morgan fingerprint density at radius 1 is 1.71 bits per heavy atom. The molecule has 7 heavy (non-hydrogen) atoms. The maximum absolute atomic E-state index is 5.59. The topological polar surface area (TPSA) is 12.4 Å². The quantitative estimate of drug-likeness (QED) is 0.455. The van der Waals surface area contributed by atoms with Gasteiger partial charge in [0.05, 0.1) is 0 Å². The fraction of sp³-hybridized carbons (Fsp3) is 0.400. The highest BCUT2D eigenvalue weighted by molar-refractivity contribution is 6.30. The Morgan fingerprint density at radius 3 is 2.86 bits per heavy atom. The first-order chi connectivity index (χ1) is 3.39. The van der Waals surface area contributed by atoms with Gasteiger partial charge in [-0.15, -0.1) is 0 Å². The Hall–Kier alpha value is -0.300. The Balaban J connectivity index is 2.57. The van der Waals surface area contributed by atoms with E-state index in [4.69, 9.17) is 11.6 Å². The van der Waals surface area contributed by atoms with Gasteiger partial charge in [0.2, 0.25) is 0 Å². The van der Waals surface area contributed by atoms with Crippen molar-refractivity contribution in [1.29, 1.82) is 0 Å². The summed E-state index contributed by atoms with van der Waals surface area (Å²) in [6.07, 6.45) is 4.48. The van der Waals surface area contributed by atoms with E-state index in [0.717, 1.165) is 18.0 Å². The predicted molar refractivity (Wildman–Crippen MR) is 31.9 cm³/mol. The lowest BCUT2D eigenvalue weighted by molar-refractivity contribution is 0.987. The minimum absolute atomic E-state index is 0.856. The molecule has 1 rings (SSSR count). The zero-order valence-corrected chi connectivity index (χ0v) is 4.65. The first-order valence-electron chi connectivity index (χ1n) is 2.24. The second-order valence-corrected chi connectivity index (χ2v) is 1.90. The van der Waals surface area contributed by atoms with E-state index in [1.807, 2.05) is 6.08 Å². The van der Waals surface area contributed by atoms with Crippen LogP contribution in [0.5, 0.6) is 0 Å². The van der Waals surface area contributed by atoms with Crippen LogP contribution in [0.3, 0.4) is 0 Å². The van der Waals surface area contributed by atoms with Crippen molar-refractivity contribution in [3.8, 4) is 0 Å². The third-order valence-electron chi connectivity index (χ3n) is 0.841. The summed E-state index contributed by atoms with van der Waals surface area (Å²) in [4.78, 5) is 3.94. The van der Waals surface area contributed by atoms with Crippen molar-refractivity contribution in [3.05, 3.63) is 11.1 Å². The zero-order chi connectivity index (χ0) is 5.11. The Kier molecular flexibility index (Phi) is 1.47. The molecule has 1 aliphatic rings. The standard InChI is InChI=1S/C5H6ClN/c6-5-1-3-7-4-2-5/h1,3H,2,4H2. The van der Waals surface area contributed by atoms with E-state index in [2.05, 4.69) is 4.99 Å². The van der Waals surface area contributed by atoms with Crippen LogP contribution in [0.15, 0.2) is 16.1 Å². The molecule has 0 atom stereocenters. The van der Waals surface area contributed by atoms with E-state index in [1.54, 1.807) is 6.21 Å². The molecule has 2 heteroatoms. The molecule has 0 saturated heterocycles. The van der Waals surface area contributed by atoms with Crippen LogP contribution in [-0.2, 0) is 0 Å². The van der Waals surface area contributed by atoms with E-state index in [1.165, 1.54) is 0 Å². The van der Waals surface area contributed by atoms with Crippen LogP contribution >= 0.6 is 11.6 Å². The highest BCUT2D eigenvalue weighted by Gasteiger charge is 1.91. The van der Waals surface area contributed by atoms with E-state index in [-0.39, 0.29) is 0 Å². The lowest BCUT2D eigenvalue weighted by Crippen LogP contribution is -1.87. The molecule has 0 N–H and O–H groups in total. The molecule has 0 aliphatic carbocycles. The number of aliphatic imine (C=N–C) groups is 1. The van der Waals surface area contributed by atoms with Crippen LogP contribution < -0.4 is 0 Å². The number of halogens is 1. The number of hydrogen-bond acceptors (Lipinski definition) is 1. The van der Waals surface area contributed by atoms with Gasteiger partial charge in [-0.2, -0.15) is 0 Å². The molecule has 0 amide bonds. The summed E-state index contributed by atoms with van der Waals surface area (Å²) in [6, 6.07) is 0. The summed E-state index contributed by atoms with van der Waals surface area (Å²) in [7, 11) is 0. The maximum atomic E-state index is 5.59. The van der Waals surface area contributed by atoms with Crippen molar-refractivity contribution in [2.24, 2.45) is 4.99 Å². The molecule has 1 aliphatic heterocycles. The predicted octanol–water partition coefficient (Wildman–Crippen LogP) is 1.58. The molecule has 1 heterocycles. The van der Waals surface area contributed by atoms with Crippen LogP contribution in [0.4, 0.5) is 0 Å². The van der Waals surface area contributed by atoms with Gasteiger partial charge in [-0.1, -0.05) is 11.6 Å². The molecule has 0 aromatic carbocycles. The van der Waals surface area contributed by atoms with Gasteiger partial charge in [-0.25, -0.2) is 0 Å². The van der Waals surface area contributed by atoms with Crippen LogP contribution in [0.25, 0.3) is 0 Å². The minimum Gasteiger partial charge on any atom is -0.293 e. The smallest absolute Gasteiger partial charge is 0.0438 e. The highest BCUT2D eigenvalue weighted by Crippen LogP contribution is 2.07. The monoisotopic (exact) mass is 115 g/mol. The van der Waals surface area contributed by atoms with Crippen LogP contribution in [0.2, 0.25) is 0 Å². The molecular formula is C5H6ClN. The van der Waals surface area contributed by atoms with Gasteiger partial charge in [-0.05, 0) is 6.08 Å². The Labute approximate surface area is 47.7 Å².